The molecule has 1 aliphatic rings. The van der Waals surface area contributed by atoms with Crippen molar-refractivity contribution in [3.8, 4) is 0 Å². The summed E-state index contributed by atoms with van der Waals surface area (Å²) in [4.78, 5) is 2.41. The summed E-state index contributed by atoms with van der Waals surface area (Å²) in [6, 6.07) is 5.50. The molecule has 1 aliphatic heterocycles. The predicted octanol–water partition coefficient (Wildman–Crippen LogP) is 3.44. The Kier molecular flexibility index (Phi) is 4.49. The van der Waals surface area contributed by atoms with Gasteiger partial charge in [-0.1, -0.05) is 30.7 Å². The summed E-state index contributed by atoms with van der Waals surface area (Å²) in [6.07, 6.45) is 1.06. The van der Waals surface area contributed by atoms with E-state index in [1.807, 2.05) is 6.07 Å². The van der Waals surface area contributed by atoms with Crippen molar-refractivity contribution in [3.05, 3.63) is 34.6 Å². The third-order valence-corrected chi connectivity index (χ3v) is 4.67. The highest BCUT2D eigenvalue weighted by Crippen LogP contribution is 2.28. The van der Waals surface area contributed by atoms with Gasteiger partial charge in [0.15, 0.2) is 0 Å². The monoisotopic (exact) mass is 284 g/mol. The van der Waals surface area contributed by atoms with E-state index >= 15 is 0 Å². The lowest BCUT2D eigenvalue weighted by Gasteiger charge is -2.47. The number of hydrogen-bond acceptors (Lipinski definition) is 2. The molecule has 1 aromatic carbocycles. The number of hydrogen-bond donors (Lipinski definition) is 1. The van der Waals surface area contributed by atoms with Crippen molar-refractivity contribution in [1.29, 1.82) is 0 Å². The topological polar surface area (TPSA) is 15.3 Å². The van der Waals surface area contributed by atoms with Crippen LogP contribution in [0.4, 0.5) is 4.39 Å². The number of nitrogens with zero attached hydrogens (tertiary/aromatic N) is 1. The molecule has 19 heavy (non-hydrogen) atoms. The summed E-state index contributed by atoms with van der Waals surface area (Å²) >= 11 is 6.07. The van der Waals surface area contributed by atoms with Crippen molar-refractivity contribution in [3.63, 3.8) is 0 Å². The highest BCUT2D eigenvalue weighted by molar-refractivity contribution is 6.31. The average molecular weight is 285 g/mol. The Morgan fingerprint density at radius 1 is 1.53 bits per heavy atom. The Balaban J connectivity index is 2.21. The van der Waals surface area contributed by atoms with Crippen LogP contribution in [0.25, 0.3) is 0 Å². The molecule has 2 rings (SSSR count). The summed E-state index contributed by atoms with van der Waals surface area (Å²) in [5.74, 6) is -0.333. The van der Waals surface area contributed by atoms with Crippen LogP contribution in [-0.4, -0.2) is 29.6 Å². The van der Waals surface area contributed by atoms with Crippen molar-refractivity contribution in [2.24, 2.45) is 0 Å². The molecule has 0 radical (unpaired) electrons. The van der Waals surface area contributed by atoms with E-state index in [9.17, 15) is 4.39 Å². The van der Waals surface area contributed by atoms with E-state index in [2.05, 4.69) is 31.0 Å². The van der Waals surface area contributed by atoms with E-state index in [1.54, 1.807) is 6.07 Å². The van der Waals surface area contributed by atoms with Gasteiger partial charge in [-0.05, 0) is 31.9 Å². The minimum absolute atomic E-state index is 0.0994. The molecular formula is C15H22ClFN2. The van der Waals surface area contributed by atoms with E-state index in [1.165, 1.54) is 6.07 Å². The number of nitrogens with one attached hydrogen (secondary N) is 1. The fourth-order valence-electron chi connectivity index (χ4n) is 2.60. The second kappa shape index (κ2) is 5.78. The smallest absolute Gasteiger partial charge is 0.142 e. The van der Waals surface area contributed by atoms with Crippen LogP contribution in [0, 0.1) is 5.82 Å². The number of benzene rings is 1. The lowest BCUT2D eigenvalue weighted by Crippen LogP contribution is -2.61. The van der Waals surface area contributed by atoms with Crippen molar-refractivity contribution in [2.45, 2.75) is 45.3 Å². The zero-order valence-corrected chi connectivity index (χ0v) is 12.6. The Labute approximate surface area is 119 Å². The molecule has 106 valence electrons. The molecule has 2 unspecified atom stereocenters. The molecule has 0 amide bonds. The van der Waals surface area contributed by atoms with Gasteiger partial charge in [-0.25, -0.2) is 4.39 Å². The first kappa shape index (κ1) is 14.8. The Bertz CT molecular complexity index is 452. The molecule has 0 aromatic heterocycles. The van der Waals surface area contributed by atoms with E-state index in [0.717, 1.165) is 25.1 Å². The zero-order valence-electron chi connectivity index (χ0n) is 11.8. The van der Waals surface area contributed by atoms with Gasteiger partial charge in [-0.3, -0.25) is 4.90 Å². The first-order valence-corrected chi connectivity index (χ1v) is 7.25. The summed E-state index contributed by atoms with van der Waals surface area (Å²) in [7, 11) is 0. The first-order chi connectivity index (χ1) is 8.96. The highest BCUT2D eigenvalue weighted by atomic mass is 35.5. The van der Waals surface area contributed by atoms with Gasteiger partial charge in [-0.2, -0.15) is 0 Å². The quantitative estimate of drug-likeness (QED) is 0.915. The largest absolute Gasteiger partial charge is 0.311 e. The molecule has 1 N–H and O–H groups in total. The van der Waals surface area contributed by atoms with E-state index in [0.29, 0.717) is 12.6 Å². The Morgan fingerprint density at radius 3 is 2.95 bits per heavy atom. The minimum atomic E-state index is -0.333. The predicted molar refractivity (Wildman–Crippen MR) is 78.0 cm³/mol. The molecule has 1 fully saturated rings. The molecule has 0 spiro atoms. The van der Waals surface area contributed by atoms with E-state index in [4.69, 9.17) is 11.6 Å². The molecule has 1 saturated heterocycles. The van der Waals surface area contributed by atoms with Gasteiger partial charge in [0, 0.05) is 31.2 Å². The summed E-state index contributed by atoms with van der Waals surface area (Å²) < 4.78 is 13.5. The van der Waals surface area contributed by atoms with Gasteiger partial charge in [-0.15, -0.1) is 0 Å². The van der Waals surface area contributed by atoms with Gasteiger partial charge < -0.3 is 5.32 Å². The van der Waals surface area contributed by atoms with Gasteiger partial charge in [0.25, 0.3) is 0 Å². The van der Waals surface area contributed by atoms with Crippen molar-refractivity contribution < 1.29 is 4.39 Å². The normalized spacial score (nSPS) is 28.6. The maximum absolute atomic E-state index is 13.5. The Hall–Kier alpha value is -0.640. The molecule has 0 aliphatic carbocycles. The van der Waals surface area contributed by atoms with Gasteiger partial charge in [0.05, 0.1) is 5.02 Å². The fraction of sp³-hybridized carbons (Fsp3) is 0.600. The lowest BCUT2D eigenvalue weighted by atomic mass is 9.91. The van der Waals surface area contributed by atoms with E-state index < -0.39 is 0 Å². The second-order valence-electron chi connectivity index (χ2n) is 5.73. The molecular weight excluding hydrogens is 263 g/mol. The van der Waals surface area contributed by atoms with Crippen LogP contribution in [0.5, 0.6) is 0 Å². The van der Waals surface area contributed by atoms with Crippen LogP contribution in [-0.2, 0) is 6.54 Å². The number of piperazine rings is 1. The van der Waals surface area contributed by atoms with E-state index in [-0.39, 0.29) is 16.4 Å². The molecule has 4 heteroatoms. The van der Waals surface area contributed by atoms with Gasteiger partial charge in [0.1, 0.15) is 5.82 Å². The third kappa shape index (κ3) is 3.10. The maximum atomic E-state index is 13.5. The van der Waals surface area contributed by atoms with Crippen molar-refractivity contribution in [1.82, 2.24) is 10.2 Å². The average Bonchev–Trinajstić information content (AvgIpc) is 2.39. The number of rotatable bonds is 3. The lowest BCUT2D eigenvalue weighted by molar-refractivity contribution is 0.0453. The standard InChI is InChI=1S/C15H22ClFN2/c1-4-15(3)10-18-11(2)8-19(15)9-12-6-5-7-13(17)14(12)16/h5-7,11,18H,4,8-10H2,1-3H3. The Morgan fingerprint density at radius 2 is 2.26 bits per heavy atom. The van der Waals surface area contributed by atoms with Crippen molar-refractivity contribution >= 4 is 11.6 Å². The van der Waals surface area contributed by atoms with Crippen LogP contribution in [0.2, 0.25) is 5.02 Å². The molecule has 2 nitrogen and oxygen atoms in total. The molecule has 1 heterocycles. The molecule has 1 aromatic rings. The SMILES string of the molecule is CCC1(C)CNC(C)CN1Cc1cccc(F)c1Cl. The summed E-state index contributed by atoms with van der Waals surface area (Å²) in [5.41, 5.74) is 0.970. The van der Waals surface area contributed by atoms with Gasteiger partial charge >= 0.3 is 0 Å². The number of halogens is 2. The van der Waals surface area contributed by atoms with Crippen LogP contribution < -0.4 is 5.32 Å². The van der Waals surface area contributed by atoms with Crippen LogP contribution >= 0.6 is 11.6 Å². The molecule has 0 saturated carbocycles. The summed E-state index contributed by atoms with van der Waals surface area (Å²) in [6.45, 7) is 9.23. The second-order valence-corrected chi connectivity index (χ2v) is 6.10. The van der Waals surface area contributed by atoms with Gasteiger partial charge in [0.2, 0.25) is 0 Å². The van der Waals surface area contributed by atoms with Crippen LogP contribution in [0.15, 0.2) is 18.2 Å². The van der Waals surface area contributed by atoms with Crippen LogP contribution in [0.3, 0.4) is 0 Å². The van der Waals surface area contributed by atoms with Crippen LogP contribution in [0.1, 0.15) is 32.8 Å². The summed E-state index contributed by atoms with van der Waals surface area (Å²) in [5, 5.41) is 3.77. The minimum Gasteiger partial charge on any atom is -0.311 e. The first-order valence-electron chi connectivity index (χ1n) is 6.87. The molecule has 0 bridgehead atoms. The molecule has 2 atom stereocenters. The zero-order chi connectivity index (χ0) is 14.0. The third-order valence-electron chi connectivity index (χ3n) is 4.24. The van der Waals surface area contributed by atoms with Crippen molar-refractivity contribution in [2.75, 3.05) is 13.1 Å². The fourth-order valence-corrected chi connectivity index (χ4v) is 2.79. The maximum Gasteiger partial charge on any atom is 0.142 e. The highest BCUT2D eigenvalue weighted by Gasteiger charge is 2.35.